The largest absolute Gasteiger partial charge is 0.493 e. The van der Waals surface area contributed by atoms with Crippen LogP contribution in [0, 0.1) is 13.8 Å². The van der Waals surface area contributed by atoms with Crippen molar-refractivity contribution in [2.24, 2.45) is 0 Å². The van der Waals surface area contributed by atoms with Crippen molar-refractivity contribution in [3.8, 4) is 5.75 Å². The first-order valence-corrected chi connectivity index (χ1v) is 10.4. The van der Waals surface area contributed by atoms with Crippen LogP contribution in [0.4, 0.5) is 0 Å². The van der Waals surface area contributed by atoms with Crippen LogP contribution in [-0.2, 0) is 17.8 Å². The van der Waals surface area contributed by atoms with Gasteiger partial charge in [0.2, 0.25) is 5.91 Å². The Labute approximate surface area is 173 Å². The Morgan fingerprint density at radius 3 is 2.55 bits per heavy atom. The third kappa shape index (κ3) is 5.59. The Hall–Kier alpha value is -2.82. The second-order valence-electron chi connectivity index (χ2n) is 7.53. The van der Waals surface area contributed by atoms with Crippen LogP contribution in [-0.4, -0.2) is 28.6 Å². The molecule has 5 nitrogen and oxygen atoms in total. The molecule has 0 saturated heterocycles. The van der Waals surface area contributed by atoms with Crippen LogP contribution in [0.1, 0.15) is 43.1 Å². The van der Waals surface area contributed by atoms with Gasteiger partial charge in [-0.15, -0.1) is 0 Å². The molecule has 154 valence electrons. The van der Waals surface area contributed by atoms with E-state index in [4.69, 9.17) is 9.72 Å². The third-order valence-corrected chi connectivity index (χ3v) is 5.12. The summed E-state index contributed by atoms with van der Waals surface area (Å²) in [6.45, 7) is 8.06. The average Bonchev–Trinajstić information content (AvgIpc) is 3.04. The zero-order valence-electron chi connectivity index (χ0n) is 17.7. The molecular weight excluding hydrogens is 362 g/mol. The molecule has 0 radical (unpaired) electrons. The number of benzene rings is 2. The van der Waals surface area contributed by atoms with E-state index in [1.807, 2.05) is 6.07 Å². The summed E-state index contributed by atoms with van der Waals surface area (Å²) in [4.78, 5) is 15.9. The van der Waals surface area contributed by atoms with Crippen LogP contribution in [0.2, 0.25) is 0 Å². The number of carbonyl (C=O) groups is 1. The molecule has 0 aliphatic rings. The van der Waals surface area contributed by atoms with Crippen molar-refractivity contribution < 1.29 is 9.53 Å². The van der Waals surface area contributed by atoms with Gasteiger partial charge in [0.25, 0.3) is 0 Å². The molecule has 0 aliphatic heterocycles. The minimum Gasteiger partial charge on any atom is -0.493 e. The monoisotopic (exact) mass is 393 g/mol. The summed E-state index contributed by atoms with van der Waals surface area (Å²) in [5.74, 6) is 2.12. The topological polar surface area (TPSA) is 56.2 Å². The molecule has 2 aromatic carbocycles. The first-order chi connectivity index (χ1) is 14.1. The summed E-state index contributed by atoms with van der Waals surface area (Å²) in [5, 5.41) is 2.86. The lowest BCUT2D eigenvalue weighted by molar-refractivity contribution is -0.118. The standard InChI is InChI=1S/C24H31N3O2/c1-18-10-8-11-19(2)24(18)29-17-7-6-16-27-22-13-5-4-12-21(22)26-23(27)14-9-15-25-20(3)28/h4-5,8,10-13H,6-7,9,14-17H2,1-3H3,(H,25,28). The number of rotatable bonds is 10. The lowest BCUT2D eigenvalue weighted by Gasteiger charge is -2.13. The number of aryl methyl sites for hydroxylation is 4. The molecule has 0 unspecified atom stereocenters. The third-order valence-electron chi connectivity index (χ3n) is 5.12. The van der Waals surface area contributed by atoms with Crippen molar-refractivity contribution in [2.75, 3.05) is 13.2 Å². The molecule has 0 spiro atoms. The summed E-state index contributed by atoms with van der Waals surface area (Å²) >= 11 is 0. The number of nitrogens with zero attached hydrogens (tertiary/aromatic N) is 2. The summed E-state index contributed by atoms with van der Waals surface area (Å²) in [5.41, 5.74) is 4.59. The van der Waals surface area contributed by atoms with Gasteiger partial charge >= 0.3 is 0 Å². The zero-order chi connectivity index (χ0) is 20.6. The van der Waals surface area contributed by atoms with Gasteiger partial charge < -0.3 is 14.6 Å². The number of hydrogen-bond acceptors (Lipinski definition) is 3. The van der Waals surface area contributed by atoms with E-state index in [1.165, 1.54) is 16.6 Å². The van der Waals surface area contributed by atoms with E-state index in [0.717, 1.165) is 55.9 Å². The predicted molar refractivity (Wildman–Crippen MR) is 117 cm³/mol. The molecule has 29 heavy (non-hydrogen) atoms. The number of imidazole rings is 1. The highest BCUT2D eigenvalue weighted by atomic mass is 16.5. The molecule has 1 amide bonds. The van der Waals surface area contributed by atoms with Crippen LogP contribution in [0.3, 0.4) is 0 Å². The first-order valence-electron chi connectivity index (χ1n) is 10.4. The number of carbonyl (C=O) groups excluding carboxylic acids is 1. The maximum atomic E-state index is 11.1. The molecular formula is C24H31N3O2. The molecule has 3 aromatic rings. The van der Waals surface area contributed by atoms with E-state index in [-0.39, 0.29) is 5.91 Å². The fourth-order valence-corrected chi connectivity index (χ4v) is 3.65. The maximum Gasteiger partial charge on any atom is 0.216 e. The molecule has 0 aliphatic carbocycles. The number of nitrogens with one attached hydrogen (secondary N) is 1. The normalized spacial score (nSPS) is 11.0. The van der Waals surface area contributed by atoms with E-state index in [0.29, 0.717) is 6.54 Å². The van der Waals surface area contributed by atoms with Gasteiger partial charge in [-0.25, -0.2) is 4.98 Å². The van der Waals surface area contributed by atoms with Gasteiger partial charge in [0, 0.05) is 26.4 Å². The van der Waals surface area contributed by atoms with Crippen molar-refractivity contribution in [1.82, 2.24) is 14.9 Å². The van der Waals surface area contributed by atoms with E-state index in [9.17, 15) is 4.79 Å². The van der Waals surface area contributed by atoms with E-state index in [1.54, 1.807) is 6.92 Å². The second kappa shape index (κ2) is 10.1. The van der Waals surface area contributed by atoms with Crippen molar-refractivity contribution >= 4 is 16.9 Å². The fraction of sp³-hybridized carbons (Fsp3) is 0.417. The lowest BCUT2D eigenvalue weighted by Crippen LogP contribution is -2.21. The van der Waals surface area contributed by atoms with Crippen molar-refractivity contribution in [1.29, 1.82) is 0 Å². The molecule has 3 rings (SSSR count). The van der Waals surface area contributed by atoms with E-state index in [2.05, 4.69) is 60.1 Å². The van der Waals surface area contributed by atoms with Crippen molar-refractivity contribution in [3.05, 3.63) is 59.4 Å². The maximum absolute atomic E-state index is 11.1. The lowest BCUT2D eigenvalue weighted by atomic mass is 10.1. The van der Waals surface area contributed by atoms with Crippen LogP contribution < -0.4 is 10.1 Å². The van der Waals surface area contributed by atoms with Crippen LogP contribution >= 0.6 is 0 Å². The Balaban J connectivity index is 1.57. The van der Waals surface area contributed by atoms with Gasteiger partial charge in [-0.1, -0.05) is 30.3 Å². The highest BCUT2D eigenvalue weighted by Gasteiger charge is 2.10. The molecule has 0 atom stereocenters. The van der Waals surface area contributed by atoms with Crippen LogP contribution in [0.25, 0.3) is 11.0 Å². The smallest absolute Gasteiger partial charge is 0.216 e. The Morgan fingerprint density at radius 2 is 1.79 bits per heavy atom. The number of para-hydroxylation sites is 3. The van der Waals surface area contributed by atoms with Crippen LogP contribution in [0.15, 0.2) is 42.5 Å². The van der Waals surface area contributed by atoms with E-state index < -0.39 is 0 Å². The number of aromatic nitrogens is 2. The Morgan fingerprint density at radius 1 is 1.03 bits per heavy atom. The van der Waals surface area contributed by atoms with Crippen molar-refractivity contribution in [3.63, 3.8) is 0 Å². The number of amides is 1. The first kappa shape index (κ1) is 20.9. The molecule has 0 fully saturated rings. The van der Waals surface area contributed by atoms with Gasteiger partial charge in [0.15, 0.2) is 0 Å². The van der Waals surface area contributed by atoms with Gasteiger partial charge in [-0.3, -0.25) is 4.79 Å². The number of hydrogen-bond donors (Lipinski definition) is 1. The molecule has 1 heterocycles. The second-order valence-corrected chi connectivity index (χ2v) is 7.53. The highest BCUT2D eigenvalue weighted by molar-refractivity contribution is 5.76. The number of ether oxygens (including phenoxy) is 1. The summed E-state index contributed by atoms with van der Waals surface area (Å²) in [6.07, 6.45) is 3.77. The minimum atomic E-state index is 0.0161. The van der Waals surface area contributed by atoms with Gasteiger partial charge in [-0.05, 0) is 56.4 Å². The summed E-state index contributed by atoms with van der Waals surface area (Å²) in [7, 11) is 0. The quantitative estimate of drug-likeness (QED) is 0.513. The number of unbranched alkanes of at least 4 members (excludes halogenated alkanes) is 1. The molecule has 0 bridgehead atoms. The van der Waals surface area contributed by atoms with Crippen molar-refractivity contribution in [2.45, 2.75) is 53.0 Å². The van der Waals surface area contributed by atoms with Gasteiger partial charge in [0.05, 0.1) is 17.6 Å². The predicted octanol–water partition coefficient (Wildman–Crippen LogP) is 4.58. The SMILES string of the molecule is CC(=O)NCCCc1nc2ccccc2n1CCCCOc1c(C)cccc1C. The molecule has 0 saturated carbocycles. The molecule has 5 heteroatoms. The average molecular weight is 394 g/mol. The summed E-state index contributed by atoms with van der Waals surface area (Å²) in [6, 6.07) is 14.5. The zero-order valence-corrected chi connectivity index (χ0v) is 17.7. The Kier molecular flexibility index (Phi) is 7.28. The minimum absolute atomic E-state index is 0.0161. The molecule has 1 aromatic heterocycles. The summed E-state index contributed by atoms with van der Waals surface area (Å²) < 4.78 is 8.36. The van der Waals surface area contributed by atoms with E-state index >= 15 is 0 Å². The molecule has 1 N–H and O–H groups in total. The highest BCUT2D eigenvalue weighted by Crippen LogP contribution is 2.23. The van der Waals surface area contributed by atoms with Gasteiger partial charge in [0.1, 0.15) is 11.6 Å². The van der Waals surface area contributed by atoms with Crippen LogP contribution in [0.5, 0.6) is 5.75 Å². The number of fused-ring (bicyclic) bond motifs is 1. The fourth-order valence-electron chi connectivity index (χ4n) is 3.65. The van der Waals surface area contributed by atoms with Gasteiger partial charge in [-0.2, -0.15) is 0 Å². The Bertz CT molecular complexity index is 942.